The van der Waals surface area contributed by atoms with Crippen LogP contribution in [0.2, 0.25) is 0 Å². The van der Waals surface area contributed by atoms with Crippen molar-refractivity contribution in [3.05, 3.63) is 24.3 Å². The van der Waals surface area contributed by atoms with Gasteiger partial charge in [0.25, 0.3) is 0 Å². The molecule has 0 aromatic carbocycles. The van der Waals surface area contributed by atoms with Crippen LogP contribution in [0.25, 0.3) is 0 Å². The Balaban J connectivity index is 4.30. The van der Waals surface area contributed by atoms with E-state index >= 15 is 0 Å². The van der Waals surface area contributed by atoms with E-state index in [1.807, 2.05) is 0 Å². The Morgan fingerprint density at radius 1 is 0.622 bits per heavy atom. The number of ether oxygens (including phenoxy) is 2. The molecule has 37 heavy (non-hydrogen) atoms. The summed E-state index contributed by atoms with van der Waals surface area (Å²) >= 11 is 0. The smallest absolute Gasteiger partial charge is 0.126 e. The third-order valence-electron chi connectivity index (χ3n) is 6.74. The van der Waals surface area contributed by atoms with Gasteiger partial charge in [0.05, 0.1) is 59.3 Å². The number of allylic oxidation sites excluding steroid dienone is 4. The fourth-order valence-corrected chi connectivity index (χ4v) is 4.64. The maximum absolute atomic E-state index is 10.3. The van der Waals surface area contributed by atoms with Crippen LogP contribution in [0.4, 0.5) is 0 Å². The van der Waals surface area contributed by atoms with E-state index in [-0.39, 0.29) is 19.8 Å². The molecular formula is C30H60NO6+. The van der Waals surface area contributed by atoms with Gasteiger partial charge in [-0.3, -0.25) is 0 Å². The second-order valence-electron chi connectivity index (χ2n) is 10.1. The molecule has 7 nitrogen and oxygen atoms in total. The Labute approximate surface area is 227 Å². The molecule has 0 heterocycles. The highest BCUT2D eigenvalue weighted by molar-refractivity contribution is 4.92. The molecule has 220 valence electrons. The van der Waals surface area contributed by atoms with Gasteiger partial charge in [-0.05, 0) is 44.9 Å². The van der Waals surface area contributed by atoms with Crippen molar-refractivity contribution in [1.82, 2.24) is 0 Å². The maximum atomic E-state index is 10.3. The minimum absolute atomic E-state index is 0.000228. The highest BCUT2D eigenvalue weighted by Gasteiger charge is 2.29. The summed E-state index contributed by atoms with van der Waals surface area (Å²) in [5.74, 6) is 0. The third kappa shape index (κ3) is 24.0. The van der Waals surface area contributed by atoms with Crippen molar-refractivity contribution in [1.29, 1.82) is 0 Å². The second kappa shape index (κ2) is 28.2. The SMILES string of the molecule is CCCCC/C=C\C/C=C\CCCCCCCC[N+](CCCOCCO)(CCOCCO)CC(O)CO. The fourth-order valence-electron chi connectivity index (χ4n) is 4.64. The van der Waals surface area contributed by atoms with Crippen molar-refractivity contribution >= 4 is 0 Å². The highest BCUT2D eigenvalue weighted by atomic mass is 16.5. The standard InChI is InChI=1S/C30H60NO6/c1-2-3-4-5-6-7-8-9-10-11-12-13-14-15-16-17-19-31(28-30(35)29-34,21-25-37-27-23-33)20-18-24-36-26-22-32/h6-7,9-10,30,32-35H,2-5,8,11-29H2,1H3/q+1/b7-6-,10-9-. The maximum Gasteiger partial charge on any atom is 0.126 e. The summed E-state index contributed by atoms with van der Waals surface area (Å²) in [5, 5.41) is 37.7. The van der Waals surface area contributed by atoms with Crippen molar-refractivity contribution in [3.63, 3.8) is 0 Å². The Bertz CT molecular complexity index is 516. The number of rotatable bonds is 29. The molecule has 0 saturated heterocycles. The lowest BCUT2D eigenvalue weighted by Gasteiger charge is -2.40. The molecule has 0 spiro atoms. The van der Waals surface area contributed by atoms with E-state index in [1.54, 1.807) is 0 Å². The molecule has 0 saturated carbocycles. The molecule has 0 aliphatic carbocycles. The van der Waals surface area contributed by atoms with Crippen molar-refractivity contribution in [2.75, 3.05) is 72.4 Å². The molecule has 2 atom stereocenters. The lowest BCUT2D eigenvalue weighted by Crippen LogP contribution is -2.56. The van der Waals surface area contributed by atoms with Crippen LogP contribution in [-0.2, 0) is 9.47 Å². The van der Waals surface area contributed by atoms with E-state index in [0.29, 0.717) is 37.5 Å². The van der Waals surface area contributed by atoms with E-state index in [0.717, 1.165) is 51.7 Å². The zero-order chi connectivity index (χ0) is 27.3. The predicted molar refractivity (Wildman–Crippen MR) is 153 cm³/mol. The van der Waals surface area contributed by atoms with Crippen LogP contribution in [0.5, 0.6) is 0 Å². The fraction of sp³-hybridized carbons (Fsp3) is 0.867. The van der Waals surface area contributed by atoms with Gasteiger partial charge in [0, 0.05) is 6.42 Å². The van der Waals surface area contributed by atoms with Gasteiger partial charge in [-0.1, -0.05) is 63.3 Å². The Kier molecular flexibility index (Phi) is 27.6. The summed E-state index contributed by atoms with van der Waals surface area (Å²) in [6, 6.07) is 0. The first-order valence-electron chi connectivity index (χ1n) is 14.9. The Hall–Kier alpha value is -0.800. The van der Waals surface area contributed by atoms with Crippen LogP contribution >= 0.6 is 0 Å². The predicted octanol–water partition coefficient (Wildman–Crippen LogP) is 4.38. The molecule has 0 aromatic rings. The second-order valence-corrected chi connectivity index (χ2v) is 10.1. The van der Waals surface area contributed by atoms with Crippen LogP contribution in [0.1, 0.15) is 90.4 Å². The topological polar surface area (TPSA) is 99.4 Å². The van der Waals surface area contributed by atoms with Crippen molar-refractivity contribution < 1.29 is 34.4 Å². The van der Waals surface area contributed by atoms with Gasteiger partial charge in [0.1, 0.15) is 19.2 Å². The first kappa shape index (κ1) is 36.2. The number of aliphatic hydroxyl groups is 4. The van der Waals surface area contributed by atoms with E-state index in [9.17, 15) is 10.2 Å². The summed E-state index contributed by atoms with van der Waals surface area (Å²) in [4.78, 5) is 0. The van der Waals surface area contributed by atoms with E-state index < -0.39 is 6.10 Å². The molecule has 0 radical (unpaired) electrons. The van der Waals surface area contributed by atoms with Crippen LogP contribution < -0.4 is 0 Å². The monoisotopic (exact) mass is 530 g/mol. The van der Waals surface area contributed by atoms with E-state index in [4.69, 9.17) is 19.7 Å². The molecule has 4 N–H and O–H groups in total. The zero-order valence-electron chi connectivity index (χ0n) is 23.9. The quantitative estimate of drug-likeness (QED) is 0.0651. The average molecular weight is 531 g/mol. The minimum atomic E-state index is -0.763. The van der Waals surface area contributed by atoms with Gasteiger partial charge >= 0.3 is 0 Å². The van der Waals surface area contributed by atoms with Crippen LogP contribution in [0, 0.1) is 0 Å². The van der Waals surface area contributed by atoms with Gasteiger partial charge < -0.3 is 34.4 Å². The molecule has 7 heteroatoms. The number of hydrogen-bond acceptors (Lipinski definition) is 6. The Morgan fingerprint density at radius 3 is 1.81 bits per heavy atom. The number of quaternary nitrogens is 1. The average Bonchev–Trinajstić information content (AvgIpc) is 2.90. The largest absolute Gasteiger partial charge is 0.394 e. The van der Waals surface area contributed by atoms with Gasteiger partial charge in [-0.15, -0.1) is 0 Å². The van der Waals surface area contributed by atoms with E-state index in [2.05, 4.69) is 31.2 Å². The minimum Gasteiger partial charge on any atom is -0.394 e. The van der Waals surface area contributed by atoms with Gasteiger partial charge in [-0.25, -0.2) is 0 Å². The van der Waals surface area contributed by atoms with E-state index in [1.165, 1.54) is 51.4 Å². The third-order valence-corrected chi connectivity index (χ3v) is 6.74. The molecule has 2 unspecified atom stereocenters. The van der Waals surface area contributed by atoms with Crippen LogP contribution in [-0.4, -0.2) is 103 Å². The normalized spacial score (nSPS) is 14.6. The van der Waals surface area contributed by atoms with Crippen LogP contribution in [0.15, 0.2) is 24.3 Å². The van der Waals surface area contributed by atoms with Crippen molar-refractivity contribution in [2.24, 2.45) is 0 Å². The molecular weight excluding hydrogens is 470 g/mol. The summed E-state index contributed by atoms with van der Waals surface area (Å²) in [5.41, 5.74) is 0. The lowest BCUT2D eigenvalue weighted by atomic mass is 10.1. The zero-order valence-corrected chi connectivity index (χ0v) is 23.9. The molecule has 0 aliphatic rings. The molecule has 0 rings (SSSR count). The van der Waals surface area contributed by atoms with Gasteiger partial charge in [0.2, 0.25) is 0 Å². The lowest BCUT2D eigenvalue weighted by molar-refractivity contribution is -0.931. The number of aliphatic hydroxyl groups excluding tert-OH is 4. The molecule has 0 bridgehead atoms. The van der Waals surface area contributed by atoms with Crippen molar-refractivity contribution in [3.8, 4) is 0 Å². The molecule has 0 aromatic heterocycles. The van der Waals surface area contributed by atoms with Gasteiger partial charge in [0.15, 0.2) is 0 Å². The first-order valence-corrected chi connectivity index (χ1v) is 14.9. The summed E-state index contributed by atoms with van der Waals surface area (Å²) < 4.78 is 11.7. The number of unbranched alkanes of at least 4 members (excludes halogenated alkanes) is 9. The molecule has 0 amide bonds. The summed E-state index contributed by atoms with van der Waals surface area (Å²) in [6.45, 7) is 6.71. The van der Waals surface area contributed by atoms with Crippen molar-refractivity contribution in [2.45, 2.75) is 96.5 Å². The highest BCUT2D eigenvalue weighted by Crippen LogP contribution is 2.16. The summed E-state index contributed by atoms with van der Waals surface area (Å²) in [7, 11) is 0. The van der Waals surface area contributed by atoms with Crippen LogP contribution in [0.3, 0.4) is 0 Å². The van der Waals surface area contributed by atoms with Gasteiger partial charge in [-0.2, -0.15) is 0 Å². The number of nitrogens with zero attached hydrogens (tertiary/aromatic N) is 1. The Morgan fingerprint density at radius 2 is 1.19 bits per heavy atom. The molecule has 0 fully saturated rings. The first-order chi connectivity index (χ1) is 18.1. The number of hydrogen-bond donors (Lipinski definition) is 4. The molecule has 0 aliphatic heterocycles. The summed E-state index contributed by atoms with van der Waals surface area (Å²) in [6.07, 6.45) is 23.8.